The topological polar surface area (TPSA) is 30.5 Å². The van der Waals surface area contributed by atoms with E-state index >= 15 is 0 Å². The maximum atomic E-state index is 5.79. The number of piperidine rings is 1. The molecule has 19 heavy (non-hydrogen) atoms. The molecule has 0 aromatic heterocycles. The first-order chi connectivity index (χ1) is 9.11. The highest BCUT2D eigenvalue weighted by Gasteiger charge is 2.20. The van der Waals surface area contributed by atoms with Crippen LogP contribution in [0.4, 0.5) is 0 Å². The van der Waals surface area contributed by atoms with E-state index in [2.05, 4.69) is 27.3 Å². The van der Waals surface area contributed by atoms with Crippen molar-refractivity contribution in [3.05, 3.63) is 22.2 Å². The second kappa shape index (κ2) is 6.62. The number of benzene rings is 1. The highest BCUT2D eigenvalue weighted by molar-refractivity contribution is 9.10. The molecular weight excluding hydrogens is 306 g/mol. The standard InChI is InChI=1S/C15H22BrNO2/c1-10(2)19-15-8-13(16)12(7-14(15)18-3)11-5-4-6-17-9-11/h7-8,10-11,17H,4-6,9H2,1-3H3. The van der Waals surface area contributed by atoms with E-state index in [1.165, 1.54) is 18.4 Å². The average molecular weight is 328 g/mol. The van der Waals surface area contributed by atoms with Crippen molar-refractivity contribution >= 4 is 15.9 Å². The Kier molecular flexibility index (Phi) is 5.11. The molecule has 1 aromatic rings. The van der Waals surface area contributed by atoms with E-state index in [4.69, 9.17) is 9.47 Å². The van der Waals surface area contributed by atoms with Gasteiger partial charge in [0.15, 0.2) is 11.5 Å². The fourth-order valence-electron chi connectivity index (χ4n) is 2.49. The van der Waals surface area contributed by atoms with Crippen molar-refractivity contribution in [2.75, 3.05) is 20.2 Å². The SMILES string of the molecule is COc1cc(C2CCCNC2)c(Br)cc1OC(C)C. The normalized spacial score (nSPS) is 19.5. The van der Waals surface area contributed by atoms with Crippen LogP contribution < -0.4 is 14.8 Å². The zero-order valence-electron chi connectivity index (χ0n) is 11.8. The van der Waals surface area contributed by atoms with Crippen LogP contribution in [0.15, 0.2) is 16.6 Å². The van der Waals surface area contributed by atoms with Gasteiger partial charge < -0.3 is 14.8 Å². The summed E-state index contributed by atoms with van der Waals surface area (Å²) in [6, 6.07) is 4.14. The molecule has 0 saturated carbocycles. The number of hydrogen-bond acceptors (Lipinski definition) is 3. The molecule has 106 valence electrons. The van der Waals surface area contributed by atoms with Gasteiger partial charge in [-0.25, -0.2) is 0 Å². The van der Waals surface area contributed by atoms with Gasteiger partial charge in [0, 0.05) is 11.0 Å². The van der Waals surface area contributed by atoms with Crippen molar-refractivity contribution in [1.82, 2.24) is 5.32 Å². The Bertz CT molecular complexity index is 428. The monoisotopic (exact) mass is 327 g/mol. The van der Waals surface area contributed by atoms with Crippen LogP contribution in [0.2, 0.25) is 0 Å². The molecule has 1 heterocycles. The molecule has 1 saturated heterocycles. The summed E-state index contributed by atoms with van der Waals surface area (Å²) in [7, 11) is 1.69. The van der Waals surface area contributed by atoms with Gasteiger partial charge in [-0.05, 0) is 56.8 Å². The lowest BCUT2D eigenvalue weighted by Gasteiger charge is -2.25. The summed E-state index contributed by atoms with van der Waals surface area (Å²) in [4.78, 5) is 0. The minimum absolute atomic E-state index is 0.142. The van der Waals surface area contributed by atoms with E-state index in [0.29, 0.717) is 5.92 Å². The van der Waals surface area contributed by atoms with Crippen LogP contribution in [0.25, 0.3) is 0 Å². The highest BCUT2D eigenvalue weighted by Crippen LogP contribution is 2.38. The van der Waals surface area contributed by atoms with Gasteiger partial charge >= 0.3 is 0 Å². The molecule has 1 fully saturated rings. The lowest BCUT2D eigenvalue weighted by Crippen LogP contribution is -2.28. The van der Waals surface area contributed by atoms with E-state index in [0.717, 1.165) is 29.1 Å². The summed E-state index contributed by atoms with van der Waals surface area (Å²) < 4.78 is 12.4. The molecule has 1 unspecified atom stereocenters. The molecule has 1 aliphatic heterocycles. The molecule has 0 amide bonds. The average Bonchev–Trinajstić information content (AvgIpc) is 2.39. The van der Waals surface area contributed by atoms with Crippen molar-refractivity contribution in [2.24, 2.45) is 0 Å². The predicted octanol–water partition coefficient (Wildman–Crippen LogP) is 3.71. The Morgan fingerprint density at radius 2 is 2.11 bits per heavy atom. The molecule has 1 aliphatic rings. The van der Waals surface area contributed by atoms with Crippen LogP contribution in [0, 0.1) is 0 Å². The maximum absolute atomic E-state index is 5.79. The smallest absolute Gasteiger partial charge is 0.162 e. The van der Waals surface area contributed by atoms with Gasteiger partial charge in [0.1, 0.15) is 0 Å². The number of methoxy groups -OCH3 is 1. The highest BCUT2D eigenvalue weighted by atomic mass is 79.9. The molecule has 2 rings (SSSR count). The van der Waals surface area contributed by atoms with Gasteiger partial charge in [-0.2, -0.15) is 0 Å². The predicted molar refractivity (Wildman–Crippen MR) is 81.3 cm³/mol. The molecule has 0 spiro atoms. The summed E-state index contributed by atoms with van der Waals surface area (Å²) in [6.45, 7) is 6.20. The molecule has 0 aliphatic carbocycles. The Labute approximate surface area is 123 Å². The van der Waals surface area contributed by atoms with E-state index in [1.807, 2.05) is 19.9 Å². The second-order valence-electron chi connectivity index (χ2n) is 5.23. The van der Waals surface area contributed by atoms with Gasteiger partial charge in [-0.3, -0.25) is 0 Å². The van der Waals surface area contributed by atoms with Crippen LogP contribution in [0.3, 0.4) is 0 Å². The second-order valence-corrected chi connectivity index (χ2v) is 6.09. The van der Waals surface area contributed by atoms with Crippen molar-refractivity contribution in [2.45, 2.75) is 38.7 Å². The summed E-state index contributed by atoms with van der Waals surface area (Å²) in [5.41, 5.74) is 1.31. The molecule has 1 atom stereocenters. The van der Waals surface area contributed by atoms with Crippen LogP contribution in [-0.2, 0) is 0 Å². The van der Waals surface area contributed by atoms with Crippen LogP contribution >= 0.6 is 15.9 Å². The quantitative estimate of drug-likeness (QED) is 0.914. The van der Waals surface area contributed by atoms with Crippen LogP contribution in [0.1, 0.15) is 38.2 Å². The zero-order valence-corrected chi connectivity index (χ0v) is 13.4. The van der Waals surface area contributed by atoms with Crippen molar-refractivity contribution in [3.8, 4) is 11.5 Å². The molecule has 3 nitrogen and oxygen atoms in total. The van der Waals surface area contributed by atoms with Crippen molar-refractivity contribution in [3.63, 3.8) is 0 Å². The molecular formula is C15H22BrNO2. The third-order valence-corrected chi connectivity index (χ3v) is 4.07. The Balaban J connectivity index is 2.29. The Morgan fingerprint density at radius 3 is 2.68 bits per heavy atom. The first-order valence-electron chi connectivity index (χ1n) is 6.86. The summed E-state index contributed by atoms with van der Waals surface area (Å²) in [6.07, 6.45) is 2.59. The largest absolute Gasteiger partial charge is 0.493 e. The van der Waals surface area contributed by atoms with Gasteiger partial charge in [-0.15, -0.1) is 0 Å². The van der Waals surface area contributed by atoms with Crippen LogP contribution in [0.5, 0.6) is 11.5 Å². The lowest BCUT2D eigenvalue weighted by molar-refractivity contribution is 0.229. The van der Waals surface area contributed by atoms with E-state index < -0.39 is 0 Å². The van der Waals surface area contributed by atoms with Gasteiger partial charge in [0.05, 0.1) is 13.2 Å². The number of hydrogen-bond donors (Lipinski definition) is 1. The van der Waals surface area contributed by atoms with E-state index in [1.54, 1.807) is 7.11 Å². The maximum Gasteiger partial charge on any atom is 0.162 e. The summed E-state index contributed by atoms with van der Waals surface area (Å²) in [5.74, 6) is 2.17. The molecule has 1 aromatic carbocycles. The molecule has 0 bridgehead atoms. The molecule has 1 N–H and O–H groups in total. The number of nitrogens with one attached hydrogen (secondary N) is 1. The van der Waals surface area contributed by atoms with E-state index in [-0.39, 0.29) is 6.10 Å². The third-order valence-electron chi connectivity index (χ3n) is 3.38. The molecule has 0 radical (unpaired) electrons. The van der Waals surface area contributed by atoms with Gasteiger partial charge in [0.2, 0.25) is 0 Å². The van der Waals surface area contributed by atoms with Crippen molar-refractivity contribution < 1.29 is 9.47 Å². The first kappa shape index (κ1) is 14.7. The van der Waals surface area contributed by atoms with E-state index in [9.17, 15) is 0 Å². The third kappa shape index (κ3) is 3.63. The fraction of sp³-hybridized carbons (Fsp3) is 0.600. The number of halogens is 1. The zero-order chi connectivity index (χ0) is 13.8. The Hall–Kier alpha value is -0.740. The number of ether oxygens (including phenoxy) is 2. The summed E-state index contributed by atoms with van der Waals surface area (Å²) in [5, 5.41) is 3.45. The van der Waals surface area contributed by atoms with Crippen LogP contribution in [-0.4, -0.2) is 26.3 Å². The molecule has 4 heteroatoms. The number of rotatable bonds is 4. The minimum Gasteiger partial charge on any atom is -0.493 e. The minimum atomic E-state index is 0.142. The van der Waals surface area contributed by atoms with Crippen molar-refractivity contribution in [1.29, 1.82) is 0 Å². The van der Waals surface area contributed by atoms with Gasteiger partial charge in [-0.1, -0.05) is 15.9 Å². The lowest BCUT2D eigenvalue weighted by atomic mass is 9.91. The summed E-state index contributed by atoms with van der Waals surface area (Å²) >= 11 is 3.67. The fourth-order valence-corrected chi connectivity index (χ4v) is 3.13. The van der Waals surface area contributed by atoms with Gasteiger partial charge in [0.25, 0.3) is 0 Å². The Morgan fingerprint density at radius 1 is 1.32 bits per heavy atom. The first-order valence-corrected chi connectivity index (χ1v) is 7.66.